The zero-order valence-corrected chi connectivity index (χ0v) is 20.0. The van der Waals surface area contributed by atoms with Crippen molar-refractivity contribution in [2.24, 2.45) is 7.05 Å². The van der Waals surface area contributed by atoms with Crippen LogP contribution in [0.1, 0.15) is 10.5 Å². The van der Waals surface area contributed by atoms with Crippen molar-refractivity contribution in [1.82, 2.24) is 9.78 Å². The van der Waals surface area contributed by atoms with Crippen molar-refractivity contribution >= 4 is 33.0 Å². The number of rotatable bonds is 7. The Bertz CT molecular complexity index is 1380. The Morgan fingerprint density at radius 3 is 2.37 bits per heavy atom. The Kier molecular flexibility index (Phi) is 7.03. The average Bonchev–Trinajstić information content (AvgIpc) is 2.86. The van der Waals surface area contributed by atoms with Gasteiger partial charge in [0.05, 0.1) is 26.0 Å². The molecule has 1 saturated heterocycles. The molecule has 184 valence electrons. The van der Waals surface area contributed by atoms with Gasteiger partial charge in [0.15, 0.2) is 0 Å². The molecule has 11 nitrogen and oxygen atoms in total. The number of hydrogen-bond acceptors (Lipinski definition) is 8. The number of methoxy groups -OCH3 is 1. The molecule has 0 unspecified atom stereocenters. The molecule has 1 amide bonds. The van der Waals surface area contributed by atoms with E-state index in [2.05, 4.69) is 15.1 Å². The number of morpholine rings is 1. The first kappa shape index (κ1) is 24.2. The fourth-order valence-electron chi connectivity index (χ4n) is 3.56. The molecule has 0 atom stereocenters. The number of nitrogens with zero attached hydrogens (tertiary/aromatic N) is 3. The zero-order chi connectivity index (χ0) is 25.0. The van der Waals surface area contributed by atoms with Gasteiger partial charge in [0, 0.05) is 37.6 Å². The molecule has 3 aromatic rings. The molecule has 0 bridgehead atoms. The third-order valence-electron chi connectivity index (χ3n) is 5.39. The van der Waals surface area contributed by atoms with E-state index in [4.69, 9.17) is 9.47 Å². The fourth-order valence-corrected chi connectivity index (χ4v) is 4.87. The van der Waals surface area contributed by atoms with E-state index in [9.17, 15) is 18.0 Å². The van der Waals surface area contributed by atoms with Gasteiger partial charge in [-0.15, -0.1) is 0 Å². The van der Waals surface area contributed by atoms with Gasteiger partial charge in [-0.2, -0.15) is 5.10 Å². The van der Waals surface area contributed by atoms with E-state index in [1.54, 1.807) is 36.4 Å². The molecule has 1 aliphatic heterocycles. The summed E-state index contributed by atoms with van der Waals surface area (Å²) >= 11 is 0. The fraction of sp³-hybridized carbons (Fsp3) is 0.261. The third-order valence-corrected chi connectivity index (χ3v) is 6.80. The second-order valence-electron chi connectivity index (χ2n) is 7.75. The van der Waals surface area contributed by atoms with E-state index in [-0.39, 0.29) is 21.8 Å². The number of ether oxygens (including phenoxy) is 2. The van der Waals surface area contributed by atoms with E-state index in [1.165, 1.54) is 32.4 Å². The summed E-state index contributed by atoms with van der Waals surface area (Å²) in [7, 11) is -1.07. The highest BCUT2D eigenvalue weighted by Crippen LogP contribution is 2.31. The molecule has 4 rings (SSSR count). The van der Waals surface area contributed by atoms with Gasteiger partial charge >= 0.3 is 0 Å². The Morgan fingerprint density at radius 1 is 1.03 bits per heavy atom. The second kappa shape index (κ2) is 10.2. The smallest absolute Gasteiger partial charge is 0.276 e. The normalized spacial score (nSPS) is 13.8. The van der Waals surface area contributed by atoms with Gasteiger partial charge in [0.25, 0.3) is 21.5 Å². The van der Waals surface area contributed by atoms with Gasteiger partial charge in [0.1, 0.15) is 16.3 Å². The number of carbonyl (C=O) groups excluding carboxylic acids is 1. The lowest BCUT2D eigenvalue weighted by molar-refractivity contribution is 0.102. The van der Waals surface area contributed by atoms with E-state index >= 15 is 0 Å². The maximum absolute atomic E-state index is 13.4. The molecule has 1 fully saturated rings. The van der Waals surface area contributed by atoms with Crippen LogP contribution in [0.5, 0.6) is 5.75 Å². The van der Waals surface area contributed by atoms with Crippen LogP contribution in [-0.4, -0.2) is 57.5 Å². The van der Waals surface area contributed by atoms with Crippen LogP contribution >= 0.6 is 0 Å². The van der Waals surface area contributed by atoms with Crippen LogP contribution in [0.25, 0.3) is 0 Å². The van der Waals surface area contributed by atoms with Gasteiger partial charge in [-0.3, -0.25) is 14.3 Å². The molecule has 2 aromatic carbocycles. The number of aryl methyl sites for hydroxylation is 1. The quantitative estimate of drug-likeness (QED) is 0.502. The number of anilines is 3. The molecule has 35 heavy (non-hydrogen) atoms. The number of hydrogen-bond donors (Lipinski definition) is 2. The van der Waals surface area contributed by atoms with Crippen LogP contribution in [0, 0.1) is 0 Å². The first-order valence-corrected chi connectivity index (χ1v) is 12.2. The molecule has 1 aromatic heterocycles. The summed E-state index contributed by atoms with van der Waals surface area (Å²) in [6.07, 6.45) is 0. The van der Waals surface area contributed by atoms with E-state index < -0.39 is 15.9 Å². The molecule has 0 spiro atoms. The van der Waals surface area contributed by atoms with Crippen LogP contribution in [-0.2, 0) is 21.8 Å². The molecule has 0 aliphatic carbocycles. The number of carbonyl (C=O) groups is 1. The van der Waals surface area contributed by atoms with Gasteiger partial charge in [-0.05, 0) is 48.5 Å². The monoisotopic (exact) mass is 499 g/mol. The predicted molar refractivity (Wildman–Crippen MR) is 131 cm³/mol. The topological polar surface area (TPSA) is 132 Å². The Morgan fingerprint density at radius 2 is 1.71 bits per heavy atom. The highest BCUT2D eigenvalue weighted by molar-refractivity contribution is 7.92. The minimum absolute atomic E-state index is 0.00133. The Hall–Kier alpha value is -3.90. The molecule has 1 aliphatic rings. The van der Waals surface area contributed by atoms with E-state index in [1.807, 2.05) is 4.90 Å². The van der Waals surface area contributed by atoms with Crippen molar-refractivity contribution in [2.75, 3.05) is 48.4 Å². The van der Waals surface area contributed by atoms with Gasteiger partial charge in [-0.1, -0.05) is 0 Å². The summed E-state index contributed by atoms with van der Waals surface area (Å²) in [5.74, 6) is 0.0184. The maximum atomic E-state index is 13.4. The number of amides is 1. The summed E-state index contributed by atoms with van der Waals surface area (Å²) in [6.45, 7) is 2.00. The van der Waals surface area contributed by atoms with Crippen LogP contribution < -0.4 is 25.2 Å². The van der Waals surface area contributed by atoms with Gasteiger partial charge < -0.3 is 19.7 Å². The van der Waals surface area contributed by atoms with Crippen LogP contribution in [0.2, 0.25) is 0 Å². The molecule has 2 heterocycles. The number of aromatic nitrogens is 2. The Balaban J connectivity index is 1.67. The van der Waals surface area contributed by atoms with Crippen molar-refractivity contribution in [3.63, 3.8) is 0 Å². The molecule has 2 N–H and O–H groups in total. The SMILES string of the molecule is COc1ccc(NS(=O)(=O)c2cc(NC(=O)c3ccc(=O)n(C)n3)ccc2N2CCOCC2)cc1. The predicted octanol–water partition coefficient (Wildman–Crippen LogP) is 1.68. The molecule has 12 heteroatoms. The van der Waals surface area contributed by atoms with Crippen molar-refractivity contribution in [3.05, 3.63) is 70.6 Å². The minimum atomic E-state index is -4.03. The third kappa shape index (κ3) is 5.61. The van der Waals surface area contributed by atoms with Crippen LogP contribution in [0.3, 0.4) is 0 Å². The lowest BCUT2D eigenvalue weighted by Crippen LogP contribution is -2.37. The first-order valence-electron chi connectivity index (χ1n) is 10.8. The summed E-state index contributed by atoms with van der Waals surface area (Å²) in [4.78, 5) is 26.2. The van der Waals surface area contributed by atoms with Crippen molar-refractivity contribution < 1.29 is 22.7 Å². The second-order valence-corrected chi connectivity index (χ2v) is 9.40. The largest absolute Gasteiger partial charge is 0.497 e. The average molecular weight is 500 g/mol. The molecule has 0 saturated carbocycles. The number of benzene rings is 2. The summed E-state index contributed by atoms with van der Waals surface area (Å²) in [5, 5.41) is 6.59. The standard InChI is InChI=1S/C23H25N5O6S/c1-27-22(29)10-8-19(25-27)23(30)24-17-5-9-20(28-11-13-34-14-12-28)21(15-17)35(31,32)26-16-3-6-18(33-2)7-4-16/h3-10,15,26H,11-14H2,1-2H3,(H,24,30). The van der Waals surface area contributed by atoms with Gasteiger partial charge in [0.2, 0.25) is 0 Å². The van der Waals surface area contributed by atoms with E-state index in [0.717, 1.165) is 4.68 Å². The van der Waals surface area contributed by atoms with Crippen LogP contribution in [0.4, 0.5) is 17.1 Å². The summed E-state index contributed by atoms with van der Waals surface area (Å²) in [6, 6.07) is 13.7. The number of nitrogens with one attached hydrogen (secondary N) is 2. The van der Waals surface area contributed by atoms with Crippen molar-refractivity contribution in [1.29, 1.82) is 0 Å². The molecular formula is C23H25N5O6S. The Labute approximate surface area is 202 Å². The highest BCUT2D eigenvalue weighted by atomic mass is 32.2. The maximum Gasteiger partial charge on any atom is 0.276 e. The molecule has 0 radical (unpaired) electrons. The lowest BCUT2D eigenvalue weighted by atomic mass is 10.2. The number of sulfonamides is 1. The lowest BCUT2D eigenvalue weighted by Gasteiger charge is -2.30. The van der Waals surface area contributed by atoms with Crippen molar-refractivity contribution in [2.45, 2.75) is 4.90 Å². The van der Waals surface area contributed by atoms with E-state index in [0.29, 0.717) is 43.4 Å². The van der Waals surface area contributed by atoms with Gasteiger partial charge in [-0.25, -0.2) is 13.1 Å². The van der Waals surface area contributed by atoms with Crippen molar-refractivity contribution in [3.8, 4) is 5.75 Å². The highest BCUT2D eigenvalue weighted by Gasteiger charge is 2.25. The first-order chi connectivity index (χ1) is 16.8. The zero-order valence-electron chi connectivity index (χ0n) is 19.2. The van der Waals surface area contributed by atoms with Crippen LogP contribution in [0.15, 0.2) is 64.3 Å². The summed E-state index contributed by atoms with van der Waals surface area (Å²) < 4.78 is 41.1. The summed E-state index contributed by atoms with van der Waals surface area (Å²) in [5.41, 5.74) is 0.785. The molecular weight excluding hydrogens is 474 g/mol. The minimum Gasteiger partial charge on any atom is -0.497 e.